The largest absolute Gasteiger partial charge is 0.493 e. The van der Waals surface area contributed by atoms with Gasteiger partial charge >= 0.3 is 5.97 Å². The summed E-state index contributed by atoms with van der Waals surface area (Å²) in [6.07, 6.45) is 1.43. The fraction of sp³-hybridized carbons (Fsp3) is 0.107. The summed E-state index contributed by atoms with van der Waals surface area (Å²) in [7, 11) is 3.00. The molecule has 188 valence electrons. The zero-order valence-electron chi connectivity index (χ0n) is 20.1. The minimum absolute atomic E-state index is 0.240. The molecule has 0 atom stereocenters. The first-order chi connectivity index (χ1) is 18.0. The number of benzene rings is 4. The Balaban J connectivity index is 1.52. The van der Waals surface area contributed by atoms with Gasteiger partial charge < -0.3 is 18.9 Å². The smallest absolute Gasteiger partial charge is 0.343 e. The van der Waals surface area contributed by atoms with Crippen LogP contribution in [0.15, 0.2) is 84.0 Å². The van der Waals surface area contributed by atoms with Crippen molar-refractivity contribution in [3.05, 3.63) is 95.0 Å². The van der Waals surface area contributed by atoms with E-state index in [1.807, 2.05) is 30.3 Å². The van der Waals surface area contributed by atoms with Gasteiger partial charge in [0.1, 0.15) is 11.5 Å². The van der Waals surface area contributed by atoms with Gasteiger partial charge in [-0.2, -0.15) is 5.10 Å². The third-order valence-electron chi connectivity index (χ3n) is 5.32. The van der Waals surface area contributed by atoms with Crippen molar-refractivity contribution in [2.75, 3.05) is 20.8 Å². The number of esters is 1. The number of carbonyl (C=O) groups is 2. The van der Waals surface area contributed by atoms with Crippen LogP contribution in [0.5, 0.6) is 23.0 Å². The zero-order valence-corrected chi connectivity index (χ0v) is 20.8. The molecule has 8 nitrogen and oxygen atoms in total. The van der Waals surface area contributed by atoms with Crippen molar-refractivity contribution < 1.29 is 28.5 Å². The monoisotopic (exact) mass is 518 g/mol. The van der Waals surface area contributed by atoms with Gasteiger partial charge in [-0.05, 0) is 59.3 Å². The highest BCUT2D eigenvalue weighted by Gasteiger charge is 2.16. The number of ether oxygens (including phenoxy) is 4. The van der Waals surface area contributed by atoms with Crippen molar-refractivity contribution in [3.8, 4) is 23.0 Å². The predicted octanol–water partition coefficient (Wildman–Crippen LogP) is 5.26. The van der Waals surface area contributed by atoms with E-state index in [0.717, 1.165) is 10.8 Å². The van der Waals surface area contributed by atoms with E-state index in [9.17, 15) is 9.59 Å². The zero-order chi connectivity index (χ0) is 26.2. The molecule has 1 N–H and O–H groups in total. The minimum atomic E-state index is -0.591. The normalized spacial score (nSPS) is 10.8. The summed E-state index contributed by atoms with van der Waals surface area (Å²) in [5.74, 6) is 0.617. The van der Waals surface area contributed by atoms with Crippen LogP contribution >= 0.6 is 11.6 Å². The van der Waals surface area contributed by atoms with E-state index in [1.54, 1.807) is 42.5 Å². The van der Waals surface area contributed by atoms with Gasteiger partial charge in [-0.15, -0.1) is 0 Å². The summed E-state index contributed by atoms with van der Waals surface area (Å²) < 4.78 is 21.6. The quantitative estimate of drug-likeness (QED) is 0.140. The van der Waals surface area contributed by atoms with E-state index in [-0.39, 0.29) is 17.9 Å². The van der Waals surface area contributed by atoms with Crippen LogP contribution in [0.4, 0.5) is 0 Å². The SMILES string of the molecule is COc1ccc(C(=O)Oc2ccc3ccccc3c2/C=N/NC(=O)COc2ccc(Cl)cc2)cc1OC. The number of amides is 1. The fourth-order valence-electron chi connectivity index (χ4n) is 3.50. The molecule has 4 rings (SSSR count). The second kappa shape index (κ2) is 11.9. The Morgan fingerprint density at radius 3 is 2.38 bits per heavy atom. The number of carbonyl (C=O) groups excluding carboxylic acids is 2. The van der Waals surface area contributed by atoms with Crippen LogP contribution < -0.4 is 24.4 Å². The van der Waals surface area contributed by atoms with E-state index in [2.05, 4.69) is 10.5 Å². The molecule has 0 radical (unpaired) electrons. The average Bonchev–Trinajstić information content (AvgIpc) is 2.93. The highest BCUT2D eigenvalue weighted by atomic mass is 35.5. The van der Waals surface area contributed by atoms with Gasteiger partial charge in [0, 0.05) is 10.6 Å². The van der Waals surface area contributed by atoms with Crippen molar-refractivity contribution in [3.63, 3.8) is 0 Å². The van der Waals surface area contributed by atoms with E-state index < -0.39 is 11.9 Å². The molecule has 0 aromatic heterocycles. The number of hydrazone groups is 1. The summed E-state index contributed by atoms with van der Waals surface area (Å²) >= 11 is 5.85. The molecule has 0 fully saturated rings. The fourth-order valence-corrected chi connectivity index (χ4v) is 3.63. The van der Waals surface area contributed by atoms with E-state index in [0.29, 0.717) is 27.8 Å². The van der Waals surface area contributed by atoms with Gasteiger partial charge in [0.2, 0.25) is 0 Å². The van der Waals surface area contributed by atoms with Crippen LogP contribution in [0.1, 0.15) is 15.9 Å². The molecule has 0 aliphatic carbocycles. The molecule has 0 aliphatic heterocycles. The number of nitrogens with zero attached hydrogens (tertiary/aromatic N) is 1. The number of halogens is 1. The van der Waals surface area contributed by atoms with Gasteiger partial charge in [-0.3, -0.25) is 4.79 Å². The lowest BCUT2D eigenvalue weighted by atomic mass is 10.0. The molecule has 0 spiro atoms. The highest BCUT2D eigenvalue weighted by Crippen LogP contribution is 2.30. The van der Waals surface area contributed by atoms with Gasteiger partial charge in [-0.1, -0.05) is 41.9 Å². The molecule has 1 amide bonds. The highest BCUT2D eigenvalue weighted by molar-refractivity contribution is 6.30. The van der Waals surface area contributed by atoms with Crippen molar-refractivity contribution >= 4 is 40.5 Å². The van der Waals surface area contributed by atoms with Gasteiger partial charge in [-0.25, -0.2) is 10.2 Å². The Hall–Kier alpha value is -4.56. The Bertz CT molecular complexity index is 1450. The molecule has 0 saturated carbocycles. The number of nitrogens with one attached hydrogen (secondary N) is 1. The second-order valence-corrected chi connectivity index (χ2v) is 8.13. The lowest BCUT2D eigenvalue weighted by Crippen LogP contribution is -2.24. The van der Waals surface area contributed by atoms with Gasteiger partial charge in [0.05, 0.1) is 26.0 Å². The maximum atomic E-state index is 12.9. The number of hydrogen-bond acceptors (Lipinski definition) is 7. The summed E-state index contributed by atoms with van der Waals surface area (Å²) in [4.78, 5) is 25.1. The summed E-state index contributed by atoms with van der Waals surface area (Å²) in [5, 5.41) is 6.32. The van der Waals surface area contributed by atoms with Crippen LogP contribution in [0.2, 0.25) is 5.02 Å². The molecular formula is C28H23ClN2O6. The Morgan fingerprint density at radius 2 is 1.62 bits per heavy atom. The summed E-state index contributed by atoms with van der Waals surface area (Å²) in [6.45, 7) is -0.240. The van der Waals surface area contributed by atoms with Crippen molar-refractivity contribution in [1.29, 1.82) is 0 Å². The van der Waals surface area contributed by atoms with Crippen molar-refractivity contribution in [2.24, 2.45) is 5.10 Å². The topological polar surface area (TPSA) is 95.5 Å². The molecule has 4 aromatic rings. The van der Waals surface area contributed by atoms with Crippen molar-refractivity contribution in [2.45, 2.75) is 0 Å². The maximum absolute atomic E-state index is 12.9. The minimum Gasteiger partial charge on any atom is -0.493 e. The lowest BCUT2D eigenvalue weighted by molar-refractivity contribution is -0.123. The van der Waals surface area contributed by atoms with Crippen LogP contribution in [0.3, 0.4) is 0 Å². The Kier molecular flexibility index (Phi) is 8.22. The molecule has 0 heterocycles. The lowest BCUT2D eigenvalue weighted by Gasteiger charge is -2.12. The third-order valence-corrected chi connectivity index (χ3v) is 5.57. The number of methoxy groups -OCH3 is 2. The first-order valence-corrected chi connectivity index (χ1v) is 11.5. The molecule has 37 heavy (non-hydrogen) atoms. The van der Waals surface area contributed by atoms with Crippen LogP contribution in [0, 0.1) is 0 Å². The van der Waals surface area contributed by atoms with E-state index in [4.69, 9.17) is 30.5 Å². The maximum Gasteiger partial charge on any atom is 0.343 e. The molecular weight excluding hydrogens is 496 g/mol. The number of fused-ring (bicyclic) bond motifs is 1. The van der Waals surface area contributed by atoms with E-state index >= 15 is 0 Å². The van der Waals surface area contributed by atoms with Crippen LogP contribution in [-0.2, 0) is 4.79 Å². The molecule has 0 bridgehead atoms. The first kappa shape index (κ1) is 25.5. The van der Waals surface area contributed by atoms with Gasteiger partial charge in [0.15, 0.2) is 18.1 Å². The Morgan fingerprint density at radius 1 is 0.892 bits per heavy atom. The number of rotatable bonds is 9. The average molecular weight is 519 g/mol. The van der Waals surface area contributed by atoms with Crippen molar-refractivity contribution in [1.82, 2.24) is 5.43 Å². The molecule has 0 saturated heterocycles. The van der Waals surface area contributed by atoms with Gasteiger partial charge in [0.25, 0.3) is 5.91 Å². The van der Waals surface area contributed by atoms with Crippen LogP contribution in [-0.4, -0.2) is 38.9 Å². The second-order valence-electron chi connectivity index (χ2n) is 7.69. The Labute approximate surface area is 218 Å². The number of hydrogen-bond donors (Lipinski definition) is 1. The van der Waals surface area contributed by atoms with E-state index in [1.165, 1.54) is 26.5 Å². The standard InChI is InChI=1S/C28H23ClN2O6/c1-34-25-14-8-19(15-26(25)35-2)28(33)37-24-13-7-18-5-3-4-6-22(18)23(24)16-30-31-27(32)17-36-21-11-9-20(29)10-12-21/h3-16H,17H2,1-2H3,(H,31,32)/b30-16+. The summed E-state index contributed by atoms with van der Waals surface area (Å²) in [5.41, 5.74) is 3.22. The molecule has 0 unspecified atom stereocenters. The third kappa shape index (κ3) is 6.36. The predicted molar refractivity (Wildman–Crippen MR) is 141 cm³/mol. The summed E-state index contributed by atoms with van der Waals surface area (Å²) in [6, 6.07) is 22.5. The van der Waals surface area contributed by atoms with Crippen LogP contribution in [0.25, 0.3) is 10.8 Å². The molecule has 0 aliphatic rings. The first-order valence-electron chi connectivity index (χ1n) is 11.1. The molecule has 4 aromatic carbocycles. The molecule has 9 heteroatoms.